The number of ether oxygens (including phenoxy) is 2. The van der Waals surface area contributed by atoms with E-state index in [1.165, 1.54) is 11.1 Å². The summed E-state index contributed by atoms with van der Waals surface area (Å²) in [4.78, 5) is 4.93. The third-order valence-corrected chi connectivity index (χ3v) is 6.02. The van der Waals surface area contributed by atoms with Crippen LogP contribution in [-0.2, 0) is 17.9 Å². The molecular formula is C26H29ClN2O2. The Morgan fingerprint density at radius 1 is 0.903 bits per heavy atom. The van der Waals surface area contributed by atoms with E-state index in [0.29, 0.717) is 24.0 Å². The van der Waals surface area contributed by atoms with Crippen LogP contribution in [0.5, 0.6) is 5.75 Å². The molecule has 0 spiro atoms. The number of halogens is 1. The van der Waals surface area contributed by atoms with E-state index in [-0.39, 0.29) is 6.04 Å². The molecule has 0 aromatic heterocycles. The van der Waals surface area contributed by atoms with Crippen LogP contribution in [0.25, 0.3) is 0 Å². The van der Waals surface area contributed by atoms with Gasteiger partial charge >= 0.3 is 0 Å². The normalized spacial score (nSPS) is 17.0. The van der Waals surface area contributed by atoms with Gasteiger partial charge in [-0.2, -0.15) is 0 Å². The molecule has 1 saturated heterocycles. The van der Waals surface area contributed by atoms with Crippen molar-refractivity contribution >= 4 is 17.3 Å². The molecule has 1 fully saturated rings. The molecule has 0 amide bonds. The van der Waals surface area contributed by atoms with Gasteiger partial charge < -0.3 is 14.4 Å². The monoisotopic (exact) mass is 436 g/mol. The lowest BCUT2D eigenvalue weighted by molar-refractivity contribution is 0.0817. The molecule has 0 radical (unpaired) electrons. The minimum absolute atomic E-state index is 0.243. The molecule has 5 heteroatoms. The lowest BCUT2D eigenvalue weighted by Crippen LogP contribution is -2.54. The first-order chi connectivity index (χ1) is 15.2. The SMILES string of the molecule is COc1cc(N2CCN(Cc3ccccc3)C[C@@H]2COCc2ccccc2)ccc1Cl. The largest absolute Gasteiger partial charge is 0.495 e. The molecule has 0 aliphatic carbocycles. The zero-order valence-electron chi connectivity index (χ0n) is 17.9. The summed E-state index contributed by atoms with van der Waals surface area (Å²) < 4.78 is 11.6. The van der Waals surface area contributed by atoms with E-state index in [9.17, 15) is 0 Å². The highest BCUT2D eigenvalue weighted by atomic mass is 35.5. The highest BCUT2D eigenvalue weighted by Crippen LogP contribution is 2.31. The van der Waals surface area contributed by atoms with Gasteiger partial charge in [-0.1, -0.05) is 72.3 Å². The zero-order valence-corrected chi connectivity index (χ0v) is 18.7. The zero-order chi connectivity index (χ0) is 21.5. The summed E-state index contributed by atoms with van der Waals surface area (Å²) in [6, 6.07) is 27.2. The van der Waals surface area contributed by atoms with E-state index in [2.05, 4.69) is 58.3 Å². The Kier molecular flexibility index (Phi) is 7.47. The Labute approximate surface area is 190 Å². The molecule has 1 aliphatic heterocycles. The number of nitrogens with zero attached hydrogens (tertiary/aromatic N) is 2. The van der Waals surface area contributed by atoms with Gasteiger partial charge in [-0.3, -0.25) is 4.90 Å². The number of piperazine rings is 1. The number of anilines is 1. The van der Waals surface area contributed by atoms with Gasteiger partial charge in [0.25, 0.3) is 0 Å². The molecule has 1 atom stereocenters. The second kappa shape index (κ2) is 10.7. The highest BCUT2D eigenvalue weighted by Gasteiger charge is 2.28. The van der Waals surface area contributed by atoms with E-state index in [1.54, 1.807) is 7.11 Å². The molecule has 0 bridgehead atoms. The van der Waals surface area contributed by atoms with Crippen LogP contribution in [0.15, 0.2) is 78.9 Å². The number of hydrogen-bond acceptors (Lipinski definition) is 4. The molecule has 0 N–H and O–H groups in total. The van der Waals surface area contributed by atoms with Gasteiger partial charge in [-0.05, 0) is 23.3 Å². The molecule has 3 aromatic rings. The third-order valence-electron chi connectivity index (χ3n) is 5.70. The summed E-state index contributed by atoms with van der Waals surface area (Å²) in [7, 11) is 1.66. The Morgan fingerprint density at radius 2 is 1.61 bits per heavy atom. The maximum absolute atomic E-state index is 6.26. The van der Waals surface area contributed by atoms with Crippen LogP contribution < -0.4 is 9.64 Å². The number of methoxy groups -OCH3 is 1. The van der Waals surface area contributed by atoms with E-state index in [1.807, 2.05) is 30.3 Å². The van der Waals surface area contributed by atoms with Crippen molar-refractivity contribution in [2.45, 2.75) is 19.2 Å². The van der Waals surface area contributed by atoms with E-state index < -0.39 is 0 Å². The average molecular weight is 437 g/mol. The molecule has 0 unspecified atom stereocenters. The first-order valence-electron chi connectivity index (χ1n) is 10.7. The molecule has 0 saturated carbocycles. The average Bonchev–Trinajstić information content (AvgIpc) is 2.81. The highest BCUT2D eigenvalue weighted by molar-refractivity contribution is 6.32. The fourth-order valence-electron chi connectivity index (χ4n) is 4.10. The summed E-state index contributed by atoms with van der Waals surface area (Å²) in [6.07, 6.45) is 0. The summed E-state index contributed by atoms with van der Waals surface area (Å²) >= 11 is 6.26. The number of hydrogen-bond donors (Lipinski definition) is 0. The first-order valence-corrected chi connectivity index (χ1v) is 11.1. The summed E-state index contributed by atoms with van der Waals surface area (Å²) in [6.45, 7) is 5.09. The van der Waals surface area contributed by atoms with Crippen molar-refractivity contribution in [2.24, 2.45) is 0 Å². The Bertz CT molecular complexity index is 952. The molecule has 31 heavy (non-hydrogen) atoms. The van der Waals surface area contributed by atoms with Gasteiger partial charge in [-0.15, -0.1) is 0 Å². The van der Waals surface area contributed by atoms with Crippen LogP contribution in [0.1, 0.15) is 11.1 Å². The summed E-state index contributed by atoms with van der Waals surface area (Å²) in [5.41, 5.74) is 3.65. The fraction of sp³-hybridized carbons (Fsp3) is 0.308. The first kappa shape index (κ1) is 21.7. The Hall–Kier alpha value is -2.53. The maximum Gasteiger partial charge on any atom is 0.139 e. The molecular weight excluding hydrogens is 408 g/mol. The predicted molar refractivity (Wildman–Crippen MR) is 127 cm³/mol. The number of benzene rings is 3. The topological polar surface area (TPSA) is 24.9 Å². The fourth-order valence-corrected chi connectivity index (χ4v) is 4.30. The molecule has 4 nitrogen and oxygen atoms in total. The van der Waals surface area contributed by atoms with Gasteiger partial charge in [0.05, 0.1) is 31.4 Å². The van der Waals surface area contributed by atoms with Gasteiger partial charge in [0.1, 0.15) is 5.75 Å². The molecule has 4 rings (SSSR count). The molecule has 1 aliphatic rings. The van der Waals surface area contributed by atoms with Gasteiger partial charge in [0, 0.05) is 37.9 Å². The van der Waals surface area contributed by atoms with E-state index in [0.717, 1.165) is 31.9 Å². The second-order valence-electron chi connectivity index (χ2n) is 7.89. The van der Waals surface area contributed by atoms with Crippen molar-refractivity contribution in [3.8, 4) is 5.75 Å². The van der Waals surface area contributed by atoms with Gasteiger partial charge in [0.15, 0.2) is 0 Å². The second-order valence-corrected chi connectivity index (χ2v) is 8.29. The number of rotatable bonds is 8. The van der Waals surface area contributed by atoms with Crippen LogP contribution in [-0.4, -0.2) is 44.3 Å². The minimum atomic E-state index is 0.243. The smallest absolute Gasteiger partial charge is 0.139 e. The lowest BCUT2D eigenvalue weighted by Gasteiger charge is -2.43. The van der Waals surface area contributed by atoms with E-state index >= 15 is 0 Å². The molecule has 1 heterocycles. The van der Waals surface area contributed by atoms with Crippen LogP contribution in [0, 0.1) is 0 Å². The standard InChI is InChI=1S/C26H29ClN2O2/c1-30-26-16-23(12-13-25(26)27)29-15-14-28(17-21-8-4-2-5-9-21)18-24(29)20-31-19-22-10-6-3-7-11-22/h2-13,16,24H,14-15,17-20H2,1H3/t24-/m1/s1. The van der Waals surface area contributed by atoms with Crippen molar-refractivity contribution in [3.63, 3.8) is 0 Å². The van der Waals surface area contributed by atoms with E-state index in [4.69, 9.17) is 21.1 Å². The van der Waals surface area contributed by atoms with Crippen molar-refractivity contribution in [1.29, 1.82) is 0 Å². The summed E-state index contributed by atoms with van der Waals surface area (Å²) in [5, 5.41) is 0.630. The van der Waals surface area contributed by atoms with Crippen molar-refractivity contribution in [1.82, 2.24) is 4.90 Å². The van der Waals surface area contributed by atoms with Gasteiger partial charge in [-0.25, -0.2) is 0 Å². The Morgan fingerprint density at radius 3 is 2.32 bits per heavy atom. The molecule has 162 valence electrons. The van der Waals surface area contributed by atoms with Crippen LogP contribution in [0.3, 0.4) is 0 Å². The van der Waals surface area contributed by atoms with Crippen LogP contribution in [0.2, 0.25) is 5.02 Å². The van der Waals surface area contributed by atoms with Crippen molar-refractivity contribution < 1.29 is 9.47 Å². The Balaban J connectivity index is 1.47. The van der Waals surface area contributed by atoms with Gasteiger partial charge in [0.2, 0.25) is 0 Å². The third kappa shape index (κ3) is 5.79. The van der Waals surface area contributed by atoms with Crippen LogP contribution >= 0.6 is 11.6 Å². The molecule has 3 aromatic carbocycles. The maximum atomic E-state index is 6.26. The van der Waals surface area contributed by atoms with Crippen LogP contribution in [0.4, 0.5) is 5.69 Å². The quantitative estimate of drug-likeness (QED) is 0.481. The van der Waals surface area contributed by atoms with Crippen molar-refractivity contribution in [2.75, 3.05) is 38.3 Å². The van der Waals surface area contributed by atoms with Crippen molar-refractivity contribution in [3.05, 3.63) is 95.0 Å². The summed E-state index contributed by atoms with van der Waals surface area (Å²) in [5.74, 6) is 0.704. The minimum Gasteiger partial charge on any atom is -0.495 e. The lowest BCUT2D eigenvalue weighted by atomic mass is 10.1. The predicted octanol–water partition coefficient (Wildman–Crippen LogP) is 5.26.